The Morgan fingerprint density at radius 3 is 2.52 bits per heavy atom. The van der Waals surface area contributed by atoms with Crippen LogP contribution in [0, 0.1) is 0 Å². The summed E-state index contributed by atoms with van der Waals surface area (Å²) >= 11 is 0. The van der Waals surface area contributed by atoms with Crippen molar-refractivity contribution in [1.82, 2.24) is 20.3 Å². The summed E-state index contributed by atoms with van der Waals surface area (Å²) in [5, 5.41) is 15.6. The molecular weight excluding hydrogens is 294 g/mol. The number of benzene rings is 1. The highest BCUT2D eigenvalue weighted by atomic mass is 16.5. The van der Waals surface area contributed by atoms with Gasteiger partial charge in [0, 0.05) is 32.7 Å². The average Bonchev–Trinajstić information content (AvgIpc) is 2.63. The lowest BCUT2D eigenvalue weighted by molar-refractivity contribution is 0.382. The maximum Gasteiger partial charge on any atom is 0.253 e. The minimum absolute atomic E-state index is 0.149. The number of rotatable bonds is 6. The Labute approximate surface area is 134 Å². The fraction of sp³-hybridized carbons (Fsp3) is 0.400. The smallest absolute Gasteiger partial charge is 0.253 e. The third-order valence-corrected chi connectivity index (χ3v) is 3.66. The first-order valence-electron chi connectivity index (χ1n) is 7.75. The van der Waals surface area contributed by atoms with Gasteiger partial charge in [-0.15, -0.1) is 0 Å². The lowest BCUT2D eigenvalue weighted by Gasteiger charge is -2.27. The Morgan fingerprint density at radius 2 is 1.78 bits per heavy atom. The number of anilines is 3. The van der Waals surface area contributed by atoms with Crippen molar-refractivity contribution in [3.8, 4) is 0 Å². The highest BCUT2D eigenvalue weighted by Crippen LogP contribution is 2.14. The van der Waals surface area contributed by atoms with Gasteiger partial charge in [0.1, 0.15) is 0 Å². The van der Waals surface area contributed by atoms with Crippen LogP contribution in [0.2, 0.25) is 0 Å². The minimum atomic E-state index is 0.149. The lowest BCUT2D eigenvalue weighted by Crippen LogP contribution is -2.44. The van der Waals surface area contributed by atoms with Gasteiger partial charge >= 0.3 is 0 Å². The number of aromatic nitrogens is 3. The van der Waals surface area contributed by atoms with E-state index in [4.69, 9.17) is 5.21 Å². The normalized spacial score (nSPS) is 14.6. The molecule has 8 heteroatoms. The van der Waals surface area contributed by atoms with Gasteiger partial charge in [0.05, 0.1) is 0 Å². The zero-order valence-electron chi connectivity index (χ0n) is 12.9. The Kier molecular flexibility index (Phi) is 5.17. The van der Waals surface area contributed by atoms with Crippen molar-refractivity contribution in [2.24, 2.45) is 0 Å². The molecule has 2 heterocycles. The number of hydrogen-bond donors (Lipinski definition) is 4. The van der Waals surface area contributed by atoms with E-state index in [1.807, 2.05) is 23.7 Å². The molecule has 0 aliphatic carbocycles. The van der Waals surface area contributed by atoms with Crippen LogP contribution in [0.15, 0.2) is 30.3 Å². The van der Waals surface area contributed by atoms with Gasteiger partial charge < -0.3 is 15.5 Å². The molecule has 2 aromatic rings. The summed E-state index contributed by atoms with van der Waals surface area (Å²) in [7, 11) is 0. The maximum atomic E-state index is 9.13. The van der Waals surface area contributed by atoms with E-state index >= 15 is 0 Å². The van der Waals surface area contributed by atoms with E-state index in [-0.39, 0.29) is 5.95 Å². The summed E-state index contributed by atoms with van der Waals surface area (Å²) in [6, 6.07) is 10.2. The largest absolute Gasteiger partial charge is 0.354 e. The van der Waals surface area contributed by atoms with E-state index in [0.717, 1.165) is 32.6 Å². The van der Waals surface area contributed by atoms with E-state index in [1.165, 1.54) is 5.56 Å². The fourth-order valence-electron chi connectivity index (χ4n) is 2.46. The van der Waals surface area contributed by atoms with Crippen LogP contribution in [0.25, 0.3) is 0 Å². The van der Waals surface area contributed by atoms with Crippen LogP contribution in [-0.2, 0) is 6.42 Å². The molecule has 122 valence electrons. The van der Waals surface area contributed by atoms with Crippen LogP contribution in [0.3, 0.4) is 0 Å². The van der Waals surface area contributed by atoms with Crippen molar-refractivity contribution in [3.05, 3.63) is 35.9 Å². The molecule has 0 spiro atoms. The van der Waals surface area contributed by atoms with Crippen LogP contribution in [0.4, 0.5) is 17.8 Å². The van der Waals surface area contributed by atoms with Gasteiger partial charge in [-0.2, -0.15) is 15.0 Å². The van der Waals surface area contributed by atoms with Gasteiger partial charge in [-0.1, -0.05) is 30.3 Å². The minimum Gasteiger partial charge on any atom is -0.354 e. The van der Waals surface area contributed by atoms with E-state index < -0.39 is 0 Å². The number of nitrogens with one attached hydrogen (secondary N) is 3. The number of piperazine rings is 1. The highest BCUT2D eigenvalue weighted by molar-refractivity contribution is 5.43. The Bertz CT molecular complexity index is 616. The van der Waals surface area contributed by atoms with Crippen LogP contribution in [0.5, 0.6) is 0 Å². The van der Waals surface area contributed by atoms with Crippen LogP contribution in [0.1, 0.15) is 5.56 Å². The third kappa shape index (κ3) is 4.27. The van der Waals surface area contributed by atoms with Gasteiger partial charge in [-0.25, -0.2) is 5.48 Å². The summed E-state index contributed by atoms with van der Waals surface area (Å²) in [6.07, 6.45) is 0.872. The molecule has 0 unspecified atom stereocenters. The van der Waals surface area contributed by atoms with E-state index in [0.29, 0.717) is 18.4 Å². The van der Waals surface area contributed by atoms with Crippen molar-refractivity contribution in [2.75, 3.05) is 48.4 Å². The zero-order valence-corrected chi connectivity index (χ0v) is 12.9. The Balaban J connectivity index is 1.65. The first-order chi connectivity index (χ1) is 11.3. The Hall–Kier alpha value is -2.45. The second-order valence-corrected chi connectivity index (χ2v) is 5.29. The zero-order chi connectivity index (χ0) is 15.9. The molecule has 0 bridgehead atoms. The van der Waals surface area contributed by atoms with Crippen molar-refractivity contribution in [3.63, 3.8) is 0 Å². The first kappa shape index (κ1) is 15.4. The molecule has 1 fully saturated rings. The van der Waals surface area contributed by atoms with Crippen molar-refractivity contribution >= 4 is 17.8 Å². The molecule has 3 rings (SSSR count). The second-order valence-electron chi connectivity index (χ2n) is 5.29. The second kappa shape index (κ2) is 7.70. The van der Waals surface area contributed by atoms with Crippen molar-refractivity contribution in [1.29, 1.82) is 0 Å². The van der Waals surface area contributed by atoms with Crippen molar-refractivity contribution < 1.29 is 5.21 Å². The SMILES string of the molecule is ONc1nc(NCCc2ccccc2)nc(N2CCNCC2)n1. The van der Waals surface area contributed by atoms with Crippen LogP contribution in [-0.4, -0.2) is 52.9 Å². The van der Waals surface area contributed by atoms with E-state index in [2.05, 4.69) is 42.6 Å². The van der Waals surface area contributed by atoms with E-state index in [1.54, 1.807) is 0 Å². The van der Waals surface area contributed by atoms with Gasteiger partial charge in [0.25, 0.3) is 5.95 Å². The predicted octanol–water partition coefficient (Wildman–Crippen LogP) is 0.737. The highest BCUT2D eigenvalue weighted by Gasteiger charge is 2.15. The van der Waals surface area contributed by atoms with Crippen LogP contribution >= 0.6 is 0 Å². The van der Waals surface area contributed by atoms with Gasteiger partial charge in [0.2, 0.25) is 11.9 Å². The molecular formula is C15H21N7O. The Morgan fingerprint density at radius 1 is 1.04 bits per heavy atom. The summed E-state index contributed by atoms with van der Waals surface area (Å²) in [4.78, 5) is 14.9. The summed E-state index contributed by atoms with van der Waals surface area (Å²) in [5.41, 5.74) is 3.26. The summed E-state index contributed by atoms with van der Waals surface area (Å²) in [5.74, 6) is 1.18. The average molecular weight is 315 g/mol. The molecule has 0 saturated carbocycles. The fourth-order valence-corrected chi connectivity index (χ4v) is 2.46. The predicted molar refractivity (Wildman–Crippen MR) is 89.0 cm³/mol. The molecule has 4 N–H and O–H groups in total. The van der Waals surface area contributed by atoms with Gasteiger partial charge in [-0.3, -0.25) is 5.21 Å². The van der Waals surface area contributed by atoms with E-state index in [9.17, 15) is 0 Å². The molecule has 1 saturated heterocycles. The molecule has 8 nitrogen and oxygen atoms in total. The molecule has 0 radical (unpaired) electrons. The summed E-state index contributed by atoms with van der Waals surface area (Å²) < 4.78 is 0. The van der Waals surface area contributed by atoms with Gasteiger partial charge in [-0.05, 0) is 12.0 Å². The maximum absolute atomic E-state index is 9.13. The molecule has 0 amide bonds. The molecule has 1 aromatic heterocycles. The quantitative estimate of drug-likeness (QED) is 0.579. The molecule has 0 atom stereocenters. The number of nitrogens with zero attached hydrogens (tertiary/aromatic N) is 4. The topological polar surface area (TPSA) is 98.2 Å². The van der Waals surface area contributed by atoms with Crippen molar-refractivity contribution in [2.45, 2.75) is 6.42 Å². The van der Waals surface area contributed by atoms with Gasteiger partial charge in [0.15, 0.2) is 0 Å². The molecule has 1 aromatic carbocycles. The lowest BCUT2D eigenvalue weighted by atomic mass is 10.1. The third-order valence-electron chi connectivity index (χ3n) is 3.66. The first-order valence-corrected chi connectivity index (χ1v) is 7.75. The standard InChI is InChI=1S/C15H21N7O/c23-21-14-18-13(17-7-6-12-4-2-1-3-5-12)19-15(20-14)22-10-8-16-9-11-22/h1-5,16,23H,6-11H2,(H2,17,18,19,20,21). The molecule has 23 heavy (non-hydrogen) atoms. The number of hydrogen-bond acceptors (Lipinski definition) is 8. The molecule has 1 aliphatic heterocycles. The monoisotopic (exact) mass is 315 g/mol. The molecule has 1 aliphatic rings. The summed E-state index contributed by atoms with van der Waals surface area (Å²) in [6.45, 7) is 4.16. The van der Waals surface area contributed by atoms with Crippen LogP contribution < -0.4 is 21.0 Å².